The average molecular weight is 486 g/mol. The van der Waals surface area contributed by atoms with Gasteiger partial charge in [0.05, 0.1) is 11.0 Å². The maximum absolute atomic E-state index is 6.19. The Morgan fingerprint density at radius 2 is 0.947 bits per heavy atom. The number of nitrogens with zero attached hydrogens (tertiary/aromatic N) is 1. The van der Waals surface area contributed by atoms with Crippen molar-refractivity contribution in [2.75, 3.05) is 0 Å². The second kappa shape index (κ2) is 8.22. The molecule has 0 spiro atoms. The summed E-state index contributed by atoms with van der Waals surface area (Å²) >= 11 is 0. The van der Waals surface area contributed by atoms with E-state index < -0.39 is 0 Å². The van der Waals surface area contributed by atoms with E-state index in [1.54, 1.807) is 0 Å². The van der Waals surface area contributed by atoms with Crippen molar-refractivity contribution in [1.29, 1.82) is 0 Å². The number of fused-ring (bicyclic) bond motifs is 6. The van der Waals surface area contributed by atoms with Crippen LogP contribution in [0, 0.1) is 0 Å². The zero-order chi connectivity index (χ0) is 25.1. The summed E-state index contributed by atoms with van der Waals surface area (Å²) in [5, 5.41) is 4.82. The third-order valence-electron chi connectivity index (χ3n) is 7.62. The third kappa shape index (κ3) is 3.21. The van der Waals surface area contributed by atoms with Crippen molar-refractivity contribution in [3.05, 3.63) is 140 Å². The van der Waals surface area contributed by atoms with E-state index in [0.29, 0.717) is 0 Å². The molecule has 0 bridgehead atoms. The first-order chi connectivity index (χ1) is 18.8. The molecule has 0 radical (unpaired) electrons. The van der Waals surface area contributed by atoms with Gasteiger partial charge in [0.2, 0.25) is 0 Å². The highest BCUT2D eigenvalue weighted by Gasteiger charge is 2.14. The maximum atomic E-state index is 6.19. The normalized spacial score (nSPS) is 11.7. The molecule has 0 aliphatic heterocycles. The van der Waals surface area contributed by atoms with Crippen molar-refractivity contribution in [1.82, 2.24) is 4.57 Å². The molecule has 8 aromatic rings. The molecule has 0 aliphatic carbocycles. The lowest BCUT2D eigenvalue weighted by Gasteiger charge is -2.10. The predicted octanol–water partition coefficient (Wildman–Crippen LogP) is 10.0. The van der Waals surface area contributed by atoms with Gasteiger partial charge in [0.15, 0.2) is 0 Å². The molecule has 8 rings (SSSR count). The molecular formula is C36H23NO. The molecule has 0 atom stereocenters. The van der Waals surface area contributed by atoms with Crippen molar-refractivity contribution < 1.29 is 4.42 Å². The molecule has 0 amide bonds. The van der Waals surface area contributed by atoms with Crippen molar-refractivity contribution in [3.63, 3.8) is 0 Å². The van der Waals surface area contributed by atoms with Gasteiger partial charge in [0.25, 0.3) is 0 Å². The highest BCUT2D eigenvalue weighted by Crippen LogP contribution is 2.37. The number of hydrogen-bond donors (Lipinski definition) is 0. The molecule has 6 aromatic carbocycles. The van der Waals surface area contributed by atoms with Gasteiger partial charge in [-0.3, -0.25) is 0 Å². The smallest absolute Gasteiger partial charge is 0.136 e. The van der Waals surface area contributed by atoms with Crippen LogP contribution in [0.15, 0.2) is 144 Å². The molecule has 0 unspecified atom stereocenters. The summed E-state index contributed by atoms with van der Waals surface area (Å²) in [6.07, 6.45) is 0. The van der Waals surface area contributed by atoms with Gasteiger partial charge in [-0.1, -0.05) is 97.1 Å². The maximum Gasteiger partial charge on any atom is 0.136 e. The fourth-order valence-electron chi connectivity index (χ4n) is 5.77. The summed E-state index contributed by atoms with van der Waals surface area (Å²) in [6.45, 7) is 0. The second-order valence-electron chi connectivity index (χ2n) is 9.81. The Balaban J connectivity index is 1.31. The minimum atomic E-state index is 0.917. The molecule has 38 heavy (non-hydrogen) atoms. The summed E-state index contributed by atoms with van der Waals surface area (Å²) < 4.78 is 8.56. The van der Waals surface area contributed by atoms with Crippen LogP contribution in [0.4, 0.5) is 0 Å². The summed E-state index contributed by atoms with van der Waals surface area (Å²) in [5.74, 6) is 0. The quantitative estimate of drug-likeness (QED) is 0.243. The van der Waals surface area contributed by atoms with Crippen LogP contribution < -0.4 is 0 Å². The van der Waals surface area contributed by atoms with E-state index in [1.165, 1.54) is 38.5 Å². The highest BCUT2D eigenvalue weighted by atomic mass is 16.3. The lowest BCUT2D eigenvalue weighted by atomic mass is 10.0. The minimum Gasteiger partial charge on any atom is -0.456 e. The Bertz CT molecular complexity index is 2110. The summed E-state index contributed by atoms with van der Waals surface area (Å²) in [4.78, 5) is 0. The van der Waals surface area contributed by atoms with Crippen LogP contribution in [0.1, 0.15) is 0 Å². The molecule has 2 aromatic heterocycles. The topological polar surface area (TPSA) is 18.1 Å². The number of benzene rings is 6. The summed E-state index contributed by atoms with van der Waals surface area (Å²) in [5.41, 5.74) is 10.2. The third-order valence-corrected chi connectivity index (χ3v) is 7.62. The van der Waals surface area contributed by atoms with Crippen LogP contribution in [0.25, 0.3) is 71.7 Å². The van der Waals surface area contributed by atoms with E-state index in [1.807, 2.05) is 12.1 Å². The zero-order valence-electron chi connectivity index (χ0n) is 20.6. The fraction of sp³-hybridized carbons (Fsp3) is 0. The molecule has 2 nitrogen and oxygen atoms in total. The molecule has 2 heteroatoms. The van der Waals surface area contributed by atoms with Crippen LogP contribution in [0.2, 0.25) is 0 Å². The van der Waals surface area contributed by atoms with Crippen molar-refractivity contribution in [2.45, 2.75) is 0 Å². The first-order valence-corrected chi connectivity index (χ1v) is 12.9. The number of rotatable bonds is 3. The van der Waals surface area contributed by atoms with Crippen molar-refractivity contribution in [2.24, 2.45) is 0 Å². The number of hydrogen-bond acceptors (Lipinski definition) is 1. The predicted molar refractivity (Wildman–Crippen MR) is 159 cm³/mol. The summed E-state index contributed by atoms with van der Waals surface area (Å²) in [6, 6.07) is 49.6. The molecule has 2 heterocycles. The van der Waals surface area contributed by atoms with E-state index in [-0.39, 0.29) is 0 Å². The fourth-order valence-corrected chi connectivity index (χ4v) is 5.77. The monoisotopic (exact) mass is 485 g/mol. The van der Waals surface area contributed by atoms with Crippen LogP contribution in [-0.4, -0.2) is 4.57 Å². The Labute approximate surface area is 220 Å². The molecule has 0 saturated carbocycles. The van der Waals surface area contributed by atoms with Gasteiger partial charge >= 0.3 is 0 Å². The summed E-state index contributed by atoms with van der Waals surface area (Å²) in [7, 11) is 0. The van der Waals surface area contributed by atoms with Crippen molar-refractivity contribution in [3.8, 4) is 27.9 Å². The van der Waals surface area contributed by atoms with E-state index in [0.717, 1.165) is 33.2 Å². The lowest BCUT2D eigenvalue weighted by molar-refractivity contribution is 0.669. The lowest BCUT2D eigenvalue weighted by Crippen LogP contribution is -1.94. The first kappa shape index (κ1) is 21.0. The van der Waals surface area contributed by atoms with Crippen LogP contribution in [0.3, 0.4) is 0 Å². The van der Waals surface area contributed by atoms with E-state index in [2.05, 4.69) is 132 Å². The standard InChI is InChI=1S/C36H23NO/c1-2-8-24(9-3-1)25-14-18-28(19-15-25)37-33-12-6-4-10-29(33)30-20-16-26(22-34(30)37)27-17-21-32-31-11-5-7-13-35(31)38-36(32)23-27/h1-23H. The van der Waals surface area contributed by atoms with E-state index >= 15 is 0 Å². The van der Waals surface area contributed by atoms with Gasteiger partial charge in [-0.25, -0.2) is 0 Å². The molecular weight excluding hydrogens is 462 g/mol. The zero-order valence-corrected chi connectivity index (χ0v) is 20.6. The van der Waals surface area contributed by atoms with Crippen molar-refractivity contribution >= 4 is 43.7 Å². The average Bonchev–Trinajstić information content (AvgIpc) is 3.52. The number of furan rings is 1. The van der Waals surface area contributed by atoms with E-state index in [9.17, 15) is 0 Å². The largest absolute Gasteiger partial charge is 0.456 e. The molecule has 0 N–H and O–H groups in total. The van der Waals surface area contributed by atoms with Gasteiger partial charge in [-0.05, 0) is 64.7 Å². The molecule has 0 aliphatic rings. The van der Waals surface area contributed by atoms with Gasteiger partial charge in [0, 0.05) is 27.2 Å². The Kier molecular flexibility index (Phi) is 4.55. The first-order valence-electron chi connectivity index (χ1n) is 12.9. The second-order valence-corrected chi connectivity index (χ2v) is 9.81. The number of para-hydroxylation sites is 2. The van der Waals surface area contributed by atoms with Gasteiger partial charge in [0.1, 0.15) is 11.2 Å². The molecule has 0 saturated heterocycles. The molecule has 178 valence electrons. The Morgan fingerprint density at radius 3 is 1.79 bits per heavy atom. The van der Waals surface area contributed by atoms with Gasteiger partial charge in [-0.15, -0.1) is 0 Å². The van der Waals surface area contributed by atoms with Gasteiger partial charge < -0.3 is 8.98 Å². The Morgan fingerprint density at radius 1 is 0.368 bits per heavy atom. The van der Waals surface area contributed by atoms with Crippen LogP contribution >= 0.6 is 0 Å². The van der Waals surface area contributed by atoms with Crippen LogP contribution in [-0.2, 0) is 0 Å². The SMILES string of the molecule is c1ccc(-c2ccc(-n3c4ccccc4c4ccc(-c5ccc6c(c5)oc5ccccc56)cc43)cc2)cc1. The van der Waals surface area contributed by atoms with Gasteiger partial charge in [-0.2, -0.15) is 0 Å². The number of aromatic nitrogens is 1. The highest BCUT2D eigenvalue weighted by molar-refractivity contribution is 6.11. The van der Waals surface area contributed by atoms with E-state index in [4.69, 9.17) is 4.42 Å². The minimum absolute atomic E-state index is 0.917. The molecule has 0 fully saturated rings. The van der Waals surface area contributed by atoms with Crippen LogP contribution in [0.5, 0.6) is 0 Å². The Hall–Kier alpha value is -5.08.